The fraction of sp³-hybridized carbons (Fsp3) is 0.409. The van der Waals surface area contributed by atoms with Crippen molar-refractivity contribution in [3.8, 4) is 11.5 Å². The van der Waals surface area contributed by atoms with Crippen molar-refractivity contribution >= 4 is 5.97 Å². The normalized spacial score (nSPS) is 18.7. The van der Waals surface area contributed by atoms with Crippen molar-refractivity contribution in [1.82, 2.24) is 4.90 Å². The van der Waals surface area contributed by atoms with E-state index in [1.165, 1.54) is 5.56 Å². The van der Waals surface area contributed by atoms with Gasteiger partial charge in [-0.15, -0.1) is 0 Å². The number of piperidine rings is 1. The van der Waals surface area contributed by atoms with Gasteiger partial charge in [0, 0.05) is 12.1 Å². The molecule has 0 saturated carbocycles. The lowest BCUT2D eigenvalue weighted by molar-refractivity contribution is -0.143. The van der Waals surface area contributed by atoms with Crippen LogP contribution in [0.2, 0.25) is 0 Å². The van der Waals surface area contributed by atoms with Gasteiger partial charge in [0.2, 0.25) is 0 Å². The van der Waals surface area contributed by atoms with Gasteiger partial charge in [0.1, 0.15) is 11.5 Å². The number of likely N-dealkylation sites (tertiary alicyclic amines) is 1. The highest BCUT2D eigenvalue weighted by Crippen LogP contribution is 2.39. The maximum atomic E-state index is 11.6. The Morgan fingerprint density at radius 1 is 1.15 bits per heavy atom. The smallest absolute Gasteiger partial charge is 0.307 e. The number of nitrogens with zero attached hydrogens (tertiary/aromatic N) is 1. The predicted molar refractivity (Wildman–Crippen MR) is 105 cm³/mol. The number of carbonyl (C=O) groups is 1. The molecule has 0 amide bonds. The number of aliphatic carboxylic acids is 1. The number of rotatable bonds is 6. The van der Waals surface area contributed by atoms with Gasteiger partial charge in [-0.1, -0.05) is 29.8 Å². The van der Waals surface area contributed by atoms with Crippen LogP contribution in [0.25, 0.3) is 0 Å². The average Bonchev–Trinajstić information content (AvgIpc) is 2.69. The molecule has 0 aromatic heterocycles. The Hall–Kier alpha value is -2.53. The molecule has 0 radical (unpaired) electrons. The van der Waals surface area contributed by atoms with Gasteiger partial charge >= 0.3 is 5.97 Å². The highest BCUT2D eigenvalue weighted by molar-refractivity contribution is 5.70. The summed E-state index contributed by atoms with van der Waals surface area (Å²) in [4.78, 5) is 13.8. The summed E-state index contributed by atoms with van der Waals surface area (Å²) in [6.07, 6.45) is 1.59. The van der Waals surface area contributed by atoms with Gasteiger partial charge in [-0.2, -0.15) is 0 Å². The summed E-state index contributed by atoms with van der Waals surface area (Å²) in [7, 11) is 3.31. The van der Waals surface area contributed by atoms with Crippen molar-refractivity contribution in [1.29, 1.82) is 0 Å². The second-order valence-corrected chi connectivity index (χ2v) is 7.09. The molecular weight excluding hydrogens is 342 g/mol. The van der Waals surface area contributed by atoms with Crippen LogP contribution in [-0.4, -0.2) is 43.3 Å². The van der Waals surface area contributed by atoms with E-state index in [4.69, 9.17) is 9.47 Å². The Bertz CT molecular complexity index is 787. The van der Waals surface area contributed by atoms with Crippen LogP contribution in [0.5, 0.6) is 11.5 Å². The number of methoxy groups -OCH3 is 2. The largest absolute Gasteiger partial charge is 0.497 e. The Balaban J connectivity index is 2.08. The molecule has 2 atom stereocenters. The van der Waals surface area contributed by atoms with Gasteiger partial charge in [-0.25, -0.2) is 0 Å². The van der Waals surface area contributed by atoms with E-state index in [9.17, 15) is 9.90 Å². The molecule has 1 saturated heterocycles. The lowest BCUT2D eigenvalue weighted by Gasteiger charge is -2.38. The summed E-state index contributed by atoms with van der Waals surface area (Å²) in [5.41, 5.74) is 3.31. The summed E-state index contributed by atoms with van der Waals surface area (Å²) < 4.78 is 11.1. The number of hydrogen-bond acceptors (Lipinski definition) is 4. The molecule has 1 aliphatic rings. The molecule has 2 unspecified atom stereocenters. The zero-order valence-electron chi connectivity index (χ0n) is 16.1. The van der Waals surface area contributed by atoms with Crippen LogP contribution < -0.4 is 9.47 Å². The summed E-state index contributed by atoms with van der Waals surface area (Å²) in [6.45, 7) is 3.43. The fourth-order valence-electron chi connectivity index (χ4n) is 3.83. The molecule has 0 aliphatic carbocycles. The van der Waals surface area contributed by atoms with Crippen LogP contribution in [0.1, 0.15) is 35.6 Å². The van der Waals surface area contributed by atoms with Crippen LogP contribution in [0.4, 0.5) is 0 Å². The lowest BCUT2D eigenvalue weighted by atomic mass is 9.90. The monoisotopic (exact) mass is 369 g/mol. The molecule has 2 aromatic rings. The van der Waals surface area contributed by atoms with Crippen LogP contribution >= 0.6 is 0 Å². The highest BCUT2D eigenvalue weighted by Gasteiger charge is 2.32. The van der Waals surface area contributed by atoms with E-state index < -0.39 is 5.97 Å². The van der Waals surface area contributed by atoms with E-state index in [2.05, 4.69) is 36.1 Å². The number of aryl methyl sites for hydroxylation is 1. The van der Waals surface area contributed by atoms with E-state index in [-0.39, 0.29) is 12.0 Å². The van der Waals surface area contributed by atoms with Crippen molar-refractivity contribution in [3.63, 3.8) is 0 Å². The van der Waals surface area contributed by atoms with Gasteiger partial charge < -0.3 is 14.6 Å². The Kier molecular flexibility index (Phi) is 6.01. The third-order valence-corrected chi connectivity index (χ3v) is 5.29. The average molecular weight is 369 g/mol. The van der Waals surface area contributed by atoms with E-state index in [0.717, 1.165) is 42.0 Å². The zero-order chi connectivity index (χ0) is 19.4. The summed E-state index contributed by atoms with van der Waals surface area (Å²) in [5.74, 6) is 0.469. The fourth-order valence-corrected chi connectivity index (χ4v) is 3.83. The second-order valence-electron chi connectivity index (χ2n) is 7.09. The van der Waals surface area contributed by atoms with E-state index in [1.807, 2.05) is 18.2 Å². The van der Waals surface area contributed by atoms with Crippen molar-refractivity contribution in [2.75, 3.05) is 27.3 Å². The molecule has 5 nitrogen and oxygen atoms in total. The lowest BCUT2D eigenvalue weighted by Crippen LogP contribution is -2.41. The Morgan fingerprint density at radius 2 is 1.89 bits per heavy atom. The van der Waals surface area contributed by atoms with Gasteiger partial charge in [0.25, 0.3) is 0 Å². The van der Waals surface area contributed by atoms with E-state index >= 15 is 0 Å². The van der Waals surface area contributed by atoms with Crippen LogP contribution in [0.3, 0.4) is 0 Å². The number of ether oxygens (including phenoxy) is 2. The molecule has 144 valence electrons. The molecule has 0 spiro atoms. The first-order chi connectivity index (χ1) is 13.0. The first-order valence-corrected chi connectivity index (χ1v) is 9.29. The molecule has 27 heavy (non-hydrogen) atoms. The SMILES string of the molecule is COc1ccc(OC)c(C(c2ccc(C)cc2)N2CCCC(C(=O)O)C2)c1. The minimum atomic E-state index is -0.722. The predicted octanol–water partition coefficient (Wildman–Crippen LogP) is 3.90. The number of benzene rings is 2. The van der Waals surface area contributed by atoms with Gasteiger partial charge in [-0.05, 0) is 50.1 Å². The van der Waals surface area contributed by atoms with Crippen molar-refractivity contribution < 1.29 is 19.4 Å². The molecule has 3 rings (SSSR count). The minimum Gasteiger partial charge on any atom is -0.497 e. The summed E-state index contributed by atoms with van der Waals surface area (Å²) >= 11 is 0. The molecule has 2 aromatic carbocycles. The second kappa shape index (κ2) is 8.44. The molecular formula is C22H27NO4. The zero-order valence-corrected chi connectivity index (χ0v) is 16.1. The topological polar surface area (TPSA) is 59.0 Å². The van der Waals surface area contributed by atoms with Gasteiger partial charge in [0.15, 0.2) is 0 Å². The number of carboxylic acids is 1. The van der Waals surface area contributed by atoms with Crippen LogP contribution in [0.15, 0.2) is 42.5 Å². The molecule has 1 aliphatic heterocycles. The van der Waals surface area contributed by atoms with E-state index in [1.54, 1.807) is 14.2 Å². The van der Waals surface area contributed by atoms with Crippen molar-refractivity contribution in [2.45, 2.75) is 25.8 Å². The van der Waals surface area contributed by atoms with Gasteiger partial charge in [0.05, 0.1) is 26.2 Å². The molecule has 1 N–H and O–H groups in total. The highest BCUT2D eigenvalue weighted by atomic mass is 16.5. The quantitative estimate of drug-likeness (QED) is 0.837. The first kappa shape index (κ1) is 19.2. The first-order valence-electron chi connectivity index (χ1n) is 9.29. The molecule has 5 heteroatoms. The Labute approximate surface area is 160 Å². The molecule has 0 bridgehead atoms. The number of carboxylic acid groups (broad SMARTS) is 1. The van der Waals surface area contributed by atoms with Crippen LogP contribution in [-0.2, 0) is 4.79 Å². The van der Waals surface area contributed by atoms with Crippen LogP contribution in [0, 0.1) is 12.8 Å². The third kappa shape index (κ3) is 4.25. The minimum absolute atomic E-state index is 0.0854. The number of hydrogen-bond donors (Lipinski definition) is 1. The summed E-state index contributed by atoms with van der Waals surface area (Å²) in [6, 6.07) is 14.1. The third-order valence-electron chi connectivity index (χ3n) is 5.29. The maximum absolute atomic E-state index is 11.6. The maximum Gasteiger partial charge on any atom is 0.307 e. The van der Waals surface area contributed by atoms with Crippen molar-refractivity contribution in [3.05, 3.63) is 59.2 Å². The van der Waals surface area contributed by atoms with Crippen molar-refractivity contribution in [2.24, 2.45) is 5.92 Å². The standard InChI is InChI=1S/C22H27NO4/c1-15-6-8-16(9-7-15)21(23-12-4-5-17(14-23)22(24)25)19-13-18(26-2)10-11-20(19)27-3/h6-11,13,17,21H,4-5,12,14H2,1-3H3,(H,24,25). The summed E-state index contributed by atoms with van der Waals surface area (Å²) in [5, 5.41) is 9.53. The molecule has 1 fully saturated rings. The Morgan fingerprint density at radius 3 is 2.52 bits per heavy atom. The van der Waals surface area contributed by atoms with E-state index in [0.29, 0.717) is 6.54 Å². The van der Waals surface area contributed by atoms with Gasteiger partial charge in [-0.3, -0.25) is 9.69 Å². The molecule has 1 heterocycles.